The predicted molar refractivity (Wildman–Crippen MR) is 59.0 cm³/mol. The van der Waals surface area contributed by atoms with Crippen LogP contribution in [-0.4, -0.2) is 24.0 Å². The molecule has 0 aromatic heterocycles. The van der Waals surface area contributed by atoms with Crippen molar-refractivity contribution in [2.24, 2.45) is 5.92 Å². The van der Waals surface area contributed by atoms with E-state index in [-0.39, 0.29) is 0 Å². The van der Waals surface area contributed by atoms with E-state index in [0.717, 1.165) is 12.0 Å². The summed E-state index contributed by atoms with van der Waals surface area (Å²) in [5.74, 6) is 0.933. The largest absolute Gasteiger partial charge is 0.300 e. The monoisotopic (exact) mass is 183 g/mol. The van der Waals surface area contributed by atoms with E-state index in [1.807, 2.05) is 0 Å². The quantitative estimate of drug-likeness (QED) is 0.632. The SMILES string of the molecule is CCCC(CC)C(C)N1CCCC1. The van der Waals surface area contributed by atoms with Gasteiger partial charge in [0.05, 0.1) is 0 Å². The maximum atomic E-state index is 2.68. The molecule has 0 N–H and O–H groups in total. The van der Waals surface area contributed by atoms with Crippen LogP contribution in [0.5, 0.6) is 0 Å². The van der Waals surface area contributed by atoms with Crippen LogP contribution in [0.3, 0.4) is 0 Å². The number of likely N-dealkylation sites (tertiary alicyclic amines) is 1. The van der Waals surface area contributed by atoms with Crippen molar-refractivity contribution in [1.29, 1.82) is 0 Å². The number of nitrogens with zero attached hydrogens (tertiary/aromatic N) is 1. The van der Waals surface area contributed by atoms with Crippen molar-refractivity contribution in [3.8, 4) is 0 Å². The molecule has 0 aliphatic carbocycles. The third kappa shape index (κ3) is 2.98. The summed E-state index contributed by atoms with van der Waals surface area (Å²) >= 11 is 0. The lowest BCUT2D eigenvalue weighted by Gasteiger charge is -2.30. The molecular weight excluding hydrogens is 158 g/mol. The summed E-state index contributed by atoms with van der Waals surface area (Å²) < 4.78 is 0. The average Bonchev–Trinajstić information content (AvgIpc) is 2.65. The van der Waals surface area contributed by atoms with Gasteiger partial charge >= 0.3 is 0 Å². The van der Waals surface area contributed by atoms with Crippen molar-refractivity contribution >= 4 is 0 Å². The Labute approximate surface area is 83.5 Å². The molecule has 0 radical (unpaired) electrons. The van der Waals surface area contributed by atoms with Crippen LogP contribution in [0.2, 0.25) is 0 Å². The Morgan fingerprint density at radius 3 is 2.23 bits per heavy atom. The molecule has 0 spiro atoms. The second-order valence-corrected chi connectivity index (χ2v) is 4.44. The van der Waals surface area contributed by atoms with Gasteiger partial charge in [0.2, 0.25) is 0 Å². The van der Waals surface area contributed by atoms with Gasteiger partial charge in [0, 0.05) is 6.04 Å². The first-order chi connectivity index (χ1) is 6.29. The van der Waals surface area contributed by atoms with Crippen molar-refractivity contribution in [3.05, 3.63) is 0 Å². The Balaban J connectivity index is 2.37. The van der Waals surface area contributed by atoms with Crippen LogP contribution in [0.25, 0.3) is 0 Å². The van der Waals surface area contributed by atoms with Gasteiger partial charge in [-0.2, -0.15) is 0 Å². The van der Waals surface area contributed by atoms with E-state index < -0.39 is 0 Å². The summed E-state index contributed by atoms with van der Waals surface area (Å²) in [5.41, 5.74) is 0. The van der Waals surface area contributed by atoms with E-state index in [2.05, 4.69) is 25.7 Å². The summed E-state index contributed by atoms with van der Waals surface area (Å²) in [6.07, 6.45) is 6.95. The molecule has 1 saturated heterocycles. The molecule has 13 heavy (non-hydrogen) atoms. The zero-order valence-corrected chi connectivity index (χ0v) is 9.55. The van der Waals surface area contributed by atoms with Gasteiger partial charge in [-0.15, -0.1) is 0 Å². The highest BCUT2D eigenvalue weighted by Gasteiger charge is 2.23. The van der Waals surface area contributed by atoms with Gasteiger partial charge in [0.25, 0.3) is 0 Å². The highest BCUT2D eigenvalue weighted by molar-refractivity contribution is 4.78. The minimum absolute atomic E-state index is 0.826. The molecule has 0 saturated carbocycles. The third-order valence-electron chi connectivity index (χ3n) is 3.58. The van der Waals surface area contributed by atoms with E-state index in [9.17, 15) is 0 Å². The fraction of sp³-hybridized carbons (Fsp3) is 1.00. The lowest BCUT2D eigenvalue weighted by molar-refractivity contribution is 0.177. The highest BCUT2D eigenvalue weighted by Crippen LogP contribution is 2.23. The highest BCUT2D eigenvalue weighted by atomic mass is 15.2. The molecule has 1 fully saturated rings. The molecule has 1 rings (SSSR count). The standard InChI is InChI=1S/C12H25N/c1-4-8-12(5-2)11(3)13-9-6-7-10-13/h11-12H,4-10H2,1-3H3. The Kier molecular flexibility index (Phi) is 4.79. The Morgan fingerprint density at radius 2 is 1.77 bits per heavy atom. The molecule has 78 valence electrons. The van der Waals surface area contributed by atoms with E-state index in [1.54, 1.807) is 0 Å². The van der Waals surface area contributed by atoms with Crippen LogP contribution in [0, 0.1) is 5.92 Å². The Morgan fingerprint density at radius 1 is 1.15 bits per heavy atom. The molecule has 1 aliphatic rings. The fourth-order valence-corrected chi connectivity index (χ4v) is 2.60. The first-order valence-corrected chi connectivity index (χ1v) is 6.03. The van der Waals surface area contributed by atoms with Crippen LogP contribution in [0.15, 0.2) is 0 Å². The van der Waals surface area contributed by atoms with Gasteiger partial charge in [0.1, 0.15) is 0 Å². The smallest absolute Gasteiger partial charge is 0.00950 e. The van der Waals surface area contributed by atoms with Crippen LogP contribution in [-0.2, 0) is 0 Å². The van der Waals surface area contributed by atoms with Crippen LogP contribution in [0.1, 0.15) is 52.9 Å². The zero-order chi connectivity index (χ0) is 9.68. The molecule has 1 heterocycles. The van der Waals surface area contributed by atoms with Gasteiger partial charge in [-0.1, -0.05) is 26.7 Å². The van der Waals surface area contributed by atoms with Crippen molar-refractivity contribution in [2.45, 2.75) is 58.9 Å². The molecule has 0 bridgehead atoms. The second-order valence-electron chi connectivity index (χ2n) is 4.44. The molecule has 0 aromatic carbocycles. The summed E-state index contributed by atoms with van der Waals surface area (Å²) in [6.45, 7) is 9.77. The minimum atomic E-state index is 0.826. The first-order valence-electron chi connectivity index (χ1n) is 6.03. The zero-order valence-electron chi connectivity index (χ0n) is 9.55. The van der Waals surface area contributed by atoms with Gasteiger partial charge in [0.15, 0.2) is 0 Å². The van der Waals surface area contributed by atoms with Crippen LogP contribution < -0.4 is 0 Å². The van der Waals surface area contributed by atoms with Gasteiger partial charge in [-0.05, 0) is 45.2 Å². The van der Waals surface area contributed by atoms with Crippen molar-refractivity contribution in [2.75, 3.05) is 13.1 Å². The maximum Gasteiger partial charge on any atom is 0.00950 e. The van der Waals surface area contributed by atoms with Crippen molar-refractivity contribution in [3.63, 3.8) is 0 Å². The fourth-order valence-electron chi connectivity index (χ4n) is 2.60. The molecule has 1 nitrogen and oxygen atoms in total. The molecule has 2 atom stereocenters. The number of rotatable bonds is 5. The maximum absolute atomic E-state index is 2.68. The molecule has 1 aliphatic heterocycles. The van der Waals surface area contributed by atoms with Crippen LogP contribution in [0.4, 0.5) is 0 Å². The van der Waals surface area contributed by atoms with Gasteiger partial charge in [-0.25, -0.2) is 0 Å². The normalized spacial score (nSPS) is 23.3. The lowest BCUT2D eigenvalue weighted by Crippen LogP contribution is -2.36. The van der Waals surface area contributed by atoms with Crippen molar-refractivity contribution < 1.29 is 0 Å². The predicted octanol–water partition coefficient (Wildman–Crippen LogP) is 3.30. The number of hydrogen-bond donors (Lipinski definition) is 0. The molecular formula is C12H25N. The molecule has 0 amide bonds. The summed E-state index contributed by atoms with van der Waals surface area (Å²) in [7, 11) is 0. The van der Waals surface area contributed by atoms with Gasteiger partial charge < -0.3 is 4.90 Å². The first kappa shape index (κ1) is 11.0. The molecule has 1 heteroatoms. The summed E-state index contributed by atoms with van der Waals surface area (Å²) in [4.78, 5) is 2.68. The average molecular weight is 183 g/mol. The summed E-state index contributed by atoms with van der Waals surface area (Å²) in [5, 5.41) is 0. The summed E-state index contributed by atoms with van der Waals surface area (Å²) in [6, 6.07) is 0.826. The Bertz CT molecular complexity index is 127. The Hall–Kier alpha value is -0.0400. The van der Waals surface area contributed by atoms with Gasteiger partial charge in [-0.3, -0.25) is 0 Å². The van der Waals surface area contributed by atoms with Crippen LogP contribution >= 0.6 is 0 Å². The minimum Gasteiger partial charge on any atom is -0.300 e. The van der Waals surface area contributed by atoms with E-state index in [1.165, 1.54) is 45.2 Å². The molecule has 2 unspecified atom stereocenters. The van der Waals surface area contributed by atoms with Crippen molar-refractivity contribution in [1.82, 2.24) is 4.90 Å². The van der Waals surface area contributed by atoms with E-state index >= 15 is 0 Å². The second kappa shape index (κ2) is 5.64. The topological polar surface area (TPSA) is 3.24 Å². The van der Waals surface area contributed by atoms with E-state index in [0.29, 0.717) is 0 Å². The lowest BCUT2D eigenvalue weighted by atomic mass is 9.92. The third-order valence-corrected chi connectivity index (χ3v) is 3.58. The molecule has 0 aromatic rings. The number of hydrogen-bond acceptors (Lipinski definition) is 1. The van der Waals surface area contributed by atoms with E-state index in [4.69, 9.17) is 0 Å².